The zero-order valence-electron chi connectivity index (χ0n) is 14.1. The lowest BCUT2D eigenvalue weighted by atomic mass is 9.87. The van der Waals surface area contributed by atoms with Crippen molar-refractivity contribution in [2.24, 2.45) is 5.92 Å². The summed E-state index contributed by atoms with van der Waals surface area (Å²) in [4.78, 5) is 25.0. The molecule has 0 amide bonds. The van der Waals surface area contributed by atoms with E-state index in [1.54, 1.807) is 0 Å². The Morgan fingerprint density at radius 3 is 2.92 bits per heavy atom. The summed E-state index contributed by atoms with van der Waals surface area (Å²) in [6.07, 6.45) is 8.45. The molecule has 0 aliphatic heterocycles. The van der Waals surface area contributed by atoms with Crippen LogP contribution >= 0.6 is 7.60 Å². The molecule has 5 N–H and O–H groups in total. The zero-order valence-corrected chi connectivity index (χ0v) is 15.0. The Labute approximate surface area is 146 Å². The van der Waals surface area contributed by atoms with Gasteiger partial charge in [-0.3, -0.25) is 4.57 Å². The molecule has 1 unspecified atom stereocenters. The van der Waals surface area contributed by atoms with Crippen molar-refractivity contribution in [3.8, 4) is 0 Å². The van der Waals surface area contributed by atoms with E-state index in [-0.39, 0.29) is 12.7 Å². The minimum Gasteiger partial charge on any atom is -0.382 e. The molecule has 10 heteroatoms. The number of nitrogens with one attached hydrogen (secondary N) is 2. The molecule has 2 aromatic rings. The van der Waals surface area contributed by atoms with Crippen molar-refractivity contribution in [2.45, 2.75) is 38.5 Å². The Hall–Kier alpha value is -1.70. The van der Waals surface area contributed by atoms with E-state index in [2.05, 4.69) is 25.3 Å². The molecule has 0 aromatic carbocycles. The molecule has 25 heavy (non-hydrogen) atoms. The quantitative estimate of drug-likeness (QED) is 0.521. The Morgan fingerprint density at radius 2 is 2.16 bits per heavy atom. The van der Waals surface area contributed by atoms with Gasteiger partial charge in [-0.1, -0.05) is 32.1 Å². The highest BCUT2D eigenvalue weighted by Gasteiger charge is 2.21. The number of anilines is 2. The van der Waals surface area contributed by atoms with Crippen molar-refractivity contribution in [1.82, 2.24) is 19.9 Å². The number of H-pyrrole nitrogens is 1. The van der Waals surface area contributed by atoms with Gasteiger partial charge in [-0.15, -0.1) is 0 Å². The first-order valence-electron chi connectivity index (χ1n) is 8.70. The van der Waals surface area contributed by atoms with Crippen LogP contribution in [-0.4, -0.2) is 44.1 Å². The number of nitrogens with zero attached hydrogens (tertiary/aromatic N) is 3. The Morgan fingerprint density at radius 1 is 1.36 bits per heavy atom. The van der Waals surface area contributed by atoms with E-state index in [0.29, 0.717) is 35.5 Å². The molecule has 1 atom stereocenters. The largest absolute Gasteiger partial charge is 0.382 e. The lowest BCUT2D eigenvalue weighted by molar-refractivity contribution is 0.220. The van der Waals surface area contributed by atoms with Crippen LogP contribution in [0.25, 0.3) is 11.2 Å². The van der Waals surface area contributed by atoms with Gasteiger partial charge in [0.1, 0.15) is 11.8 Å². The van der Waals surface area contributed by atoms with E-state index < -0.39 is 7.60 Å². The second kappa shape index (κ2) is 8.12. The van der Waals surface area contributed by atoms with Gasteiger partial charge in [-0.2, -0.15) is 4.98 Å². The van der Waals surface area contributed by atoms with Crippen LogP contribution in [-0.2, 0) is 9.09 Å². The molecular weight excluding hydrogens is 343 g/mol. The fraction of sp³-hybridized carbons (Fsp3) is 0.667. The summed E-state index contributed by atoms with van der Waals surface area (Å²) < 4.78 is 17.3. The molecule has 1 aliphatic rings. The molecule has 3 rings (SSSR count). The zero-order chi connectivity index (χ0) is 17.7. The predicted octanol–water partition coefficient (Wildman–Crippen LogP) is 2.52. The van der Waals surface area contributed by atoms with E-state index in [9.17, 15) is 9.46 Å². The molecule has 1 aliphatic carbocycles. The first kappa shape index (κ1) is 18.1. The normalized spacial score (nSPS) is 18.3. The first-order chi connectivity index (χ1) is 12.0. The molecule has 1 saturated carbocycles. The molecule has 2 aromatic heterocycles. The minimum atomic E-state index is -3.60. The average Bonchev–Trinajstić information content (AvgIpc) is 3.00. The van der Waals surface area contributed by atoms with Crippen LogP contribution in [0.3, 0.4) is 0 Å². The SMILES string of the molecule is Nc1ncnc2nc(NCCP(=O)(O)OCCC3CCCCC3)[nH]c12. The summed E-state index contributed by atoms with van der Waals surface area (Å²) >= 11 is 0. The van der Waals surface area contributed by atoms with E-state index >= 15 is 0 Å². The molecule has 0 bridgehead atoms. The molecule has 2 heterocycles. The molecule has 0 radical (unpaired) electrons. The van der Waals surface area contributed by atoms with Gasteiger partial charge in [0.2, 0.25) is 5.95 Å². The van der Waals surface area contributed by atoms with Crippen molar-refractivity contribution >= 4 is 30.5 Å². The van der Waals surface area contributed by atoms with E-state index in [0.717, 1.165) is 6.42 Å². The van der Waals surface area contributed by atoms with Gasteiger partial charge in [0.25, 0.3) is 0 Å². The van der Waals surface area contributed by atoms with Crippen LogP contribution in [0.5, 0.6) is 0 Å². The van der Waals surface area contributed by atoms with Gasteiger partial charge in [0.05, 0.1) is 12.8 Å². The molecular formula is C15H25N6O3P. The monoisotopic (exact) mass is 368 g/mol. The number of nitrogen functional groups attached to an aromatic ring is 1. The van der Waals surface area contributed by atoms with Crippen molar-refractivity contribution in [3.05, 3.63) is 6.33 Å². The smallest absolute Gasteiger partial charge is 0.329 e. The summed E-state index contributed by atoms with van der Waals surface area (Å²) in [5.41, 5.74) is 6.72. The Kier molecular flexibility index (Phi) is 5.88. The summed E-state index contributed by atoms with van der Waals surface area (Å²) in [7, 11) is -3.60. The van der Waals surface area contributed by atoms with Gasteiger partial charge >= 0.3 is 7.60 Å². The van der Waals surface area contributed by atoms with Crippen molar-refractivity contribution in [3.63, 3.8) is 0 Å². The van der Waals surface area contributed by atoms with Gasteiger partial charge < -0.3 is 25.5 Å². The third-order valence-corrected chi connectivity index (χ3v) is 5.92. The van der Waals surface area contributed by atoms with Crippen LogP contribution in [0, 0.1) is 5.92 Å². The highest BCUT2D eigenvalue weighted by atomic mass is 31.2. The summed E-state index contributed by atoms with van der Waals surface area (Å²) in [6, 6.07) is 0. The second-order valence-corrected chi connectivity index (χ2v) is 8.44. The van der Waals surface area contributed by atoms with Gasteiger partial charge in [-0.05, 0) is 12.3 Å². The lowest BCUT2D eigenvalue weighted by Crippen LogP contribution is -2.12. The van der Waals surface area contributed by atoms with Crippen molar-refractivity contribution in [2.75, 3.05) is 30.4 Å². The van der Waals surface area contributed by atoms with Gasteiger partial charge in [-0.25, -0.2) is 9.97 Å². The number of fused-ring (bicyclic) bond motifs is 1. The summed E-state index contributed by atoms with van der Waals surface area (Å²) in [5, 5.41) is 2.95. The van der Waals surface area contributed by atoms with E-state index in [4.69, 9.17) is 10.3 Å². The van der Waals surface area contributed by atoms with Crippen LogP contribution in [0.2, 0.25) is 0 Å². The molecule has 0 spiro atoms. The van der Waals surface area contributed by atoms with Crippen LogP contribution in [0.4, 0.5) is 11.8 Å². The molecule has 1 fully saturated rings. The minimum absolute atomic E-state index is 0.00979. The number of aromatic amines is 1. The average molecular weight is 368 g/mol. The number of nitrogens with two attached hydrogens (primary N) is 1. The number of imidazole rings is 1. The maximum absolute atomic E-state index is 12.1. The molecule has 9 nitrogen and oxygen atoms in total. The van der Waals surface area contributed by atoms with Gasteiger partial charge in [0.15, 0.2) is 11.5 Å². The summed E-state index contributed by atoms with van der Waals surface area (Å²) in [5.74, 6) is 1.38. The van der Waals surface area contributed by atoms with E-state index in [1.165, 1.54) is 38.4 Å². The predicted molar refractivity (Wildman–Crippen MR) is 96.4 cm³/mol. The summed E-state index contributed by atoms with van der Waals surface area (Å²) in [6.45, 7) is 0.597. The third kappa shape index (κ3) is 5.14. The van der Waals surface area contributed by atoms with Crippen LogP contribution in [0.15, 0.2) is 6.33 Å². The highest BCUT2D eigenvalue weighted by molar-refractivity contribution is 7.52. The van der Waals surface area contributed by atoms with Crippen molar-refractivity contribution in [1.29, 1.82) is 0 Å². The lowest BCUT2D eigenvalue weighted by Gasteiger charge is -2.21. The van der Waals surface area contributed by atoms with Crippen molar-refractivity contribution < 1.29 is 14.0 Å². The number of hydrogen-bond acceptors (Lipinski definition) is 7. The first-order valence-corrected chi connectivity index (χ1v) is 10.5. The van der Waals surface area contributed by atoms with Crippen LogP contribution in [0.1, 0.15) is 38.5 Å². The maximum atomic E-state index is 12.1. The number of hydrogen-bond donors (Lipinski definition) is 4. The fourth-order valence-corrected chi connectivity index (χ4v) is 4.06. The standard InChI is InChI=1S/C15H25N6O3P/c16-13-12-14(19-10-18-13)21-15(20-12)17-7-9-25(22,23)24-8-6-11-4-2-1-3-5-11/h10-11H,1-9H2,(H,22,23)(H4,16,17,18,19,20,21). The Balaban J connectivity index is 1.41. The fourth-order valence-electron chi connectivity index (χ4n) is 3.15. The van der Waals surface area contributed by atoms with Crippen LogP contribution < -0.4 is 11.1 Å². The number of rotatable bonds is 8. The topological polar surface area (TPSA) is 139 Å². The van der Waals surface area contributed by atoms with E-state index in [1.807, 2.05) is 0 Å². The highest BCUT2D eigenvalue weighted by Crippen LogP contribution is 2.42. The second-order valence-electron chi connectivity index (χ2n) is 6.46. The Bertz CT molecular complexity index is 746. The maximum Gasteiger partial charge on any atom is 0.329 e. The third-order valence-electron chi connectivity index (χ3n) is 4.55. The van der Waals surface area contributed by atoms with Gasteiger partial charge in [0, 0.05) is 6.54 Å². The number of aromatic nitrogens is 4. The molecule has 138 valence electrons. The molecule has 0 saturated heterocycles.